The second kappa shape index (κ2) is 8.00. The van der Waals surface area contributed by atoms with Gasteiger partial charge in [-0.1, -0.05) is 18.2 Å². The topological polar surface area (TPSA) is 72.9 Å². The fraction of sp³-hybridized carbons (Fsp3) is 0.350. The number of likely N-dealkylation sites (tertiary alicyclic amines) is 1. The van der Waals surface area contributed by atoms with Crippen LogP contribution >= 0.6 is 0 Å². The molecule has 144 valence electrons. The molecule has 7 heteroatoms. The minimum Gasteiger partial charge on any atom is -0.497 e. The van der Waals surface area contributed by atoms with Gasteiger partial charge in [-0.15, -0.1) is 0 Å². The highest BCUT2D eigenvalue weighted by molar-refractivity contribution is 7.91. The summed E-state index contributed by atoms with van der Waals surface area (Å²) in [6, 6.07) is 13.0. The van der Waals surface area contributed by atoms with Crippen LogP contribution in [0.25, 0.3) is 0 Å². The Labute approximate surface area is 159 Å². The van der Waals surface area contributed by atoms with Crippen molar-refractivity contribution in [1.29, 1.82) is 0 Å². The molecular weight excluding hydrogens is 366 g/mol. The lowest BCUT2D eigenvalue weighted by molar-refractivity contribution is 0.0748. The average molecular weight is 389 g/mol. The number of hydrogen-bond acceptors (Lipinski definition) is 5. The van der Waals surface area contributed by atoms with Crippen molar-refractivity contribution >= 4 is 15.7 Å². The van der Waals surface area contributed by atoms with Crippen molar-refractivity contribution in [2.75, 3.05) is 26.5 Å². The molecule has 1 aliphatic rings. The molecule has 1 aliphatic heterocycles. The summed E-state index contributed by atoms with van der Waals surface area (Å²) in [5, 5.41) is 0. The Balaban J connectivity index is 1.83. The van der Waals surface area contributed by atoms with Crippen molar-refractivity contribution in [2.24, 2.45) is 0 Å². The first-order chi connectivity index (χ1) is 12.9. The van der Waals surface area contributed by atoms with Gasteiger partial charge in [0.15, 0.2) is 9.84 Å². The Morgan fingerprint density at radius 3 is 2.30 bits per heavy atom. The van der Waals surface area contributed by atoms with Gasteiger partial charge in [0, 0.05) is 24.2 Å². The Morgan fingerprint density at radius 2 is 1.70 bits per heavy atom. The predicted molar refractivity (Wildman–Crippen MR) is 102 cm³/mol. The number of methoxy groups -OCH3 is 2. The fourth-order valence-corrected chi connectivity index (χ4v) is 4.97. The van der Waals surface area contributed by atoms with Crippen LogP contribution in [0.15, 0.2) is 53.4 Å². The van der Waals surface area contributed by atoms with Crippen LogP contribution < -0.4 is 9.47 Å². The lowest BCUT2D eigenvalue weighted by Crippen LogP contribution is -2.39. The first-order valence-corrected chi connectivity index (χ1v) is 10.4. The monoisotopic (exact) mass is 389 g/mol. The van der Waals surface area contributed by atoms with E-state index >= 15 is 0 Å². The van der Waals surface area contributed by atoms with Gasteiger partial charge < -0.3 is 14.4 Å². The van der Waals surface area contributed by atoms with Crippen molar-refractivity contribution in [3.8, 4) is 11.5 Å². The number of ether oxygens (including phenoxy) is 2. The number of amides is 1. The van der Waals surface area contributed by atoms with E-state index in [4.69, 9.17) is 9.47 Å². The van der Waals surface area contributed by atoms with E-state index in [9.17, 15) is 13.2 Å². The van der Waals surface area contributed by atoms with Crippen molar-refractivity contribution in [3.63, 3.8) is 0 Å². The number of carbonyl (C=O) groups is 1. The molecule has 0 aromatic heterocycles. The van der Waals surface area contributed by atoms with Gasteiger partial charge in [0.05, 0.1) is 24.9 Å². The van der Waals surface area contributed by atoms with E-state index < -0.39 is 9.84 Å². The summed E-state index contributed by atoms with van der Waals surface area (Å²) >= 11 is 0. The average Bonchev–Trinajstić information content (AvgIpc) is 3.14. The smallest absolute Gasteiger partial charge is 0.254 e. The summed E-state index contributed by atoms with van der Waals surface area (Å²) < 4.78 is 35.9. The molecule has 6 nitrogen and oxygen atoms in total. The minimum absolute atomic E-state index is 0.0795. The van der Waals surface area contributed by atoms with Gasteiger partial charge in [-0.3, -0.25) is 4.79 Å². The molecule has 1 atom stereocenters. The van der Waals surface area contributed by atoms with E-state index in [-0.39, 0.29) is 22.6 Å². The van der Waals surface area contributed by atoms with Gasteiger partial charge in [-0.05, 0) is 37.1 Å². The van der Waals surface area contributed by atoms with Crippen LogP contribution in [0.3, 0.4) is 0 Å². The highest BCUT2D eigenvalue weighted by Gasteiger charge is 2.33. The summed E-state index contributed by atoms with van der Waals surface area (Å²) in [6.45, 7) is 0.535. The molecule has 1 fully saturated rings. The lowest BCUT2D eigenvalue weighted by atomic mass is 10.1. The summed E-state index contributed by atoms with van der Waals surface area (Å²) in [5.41, 5.74) is 0.426. The number of benzene rings is 2. The van der Waals surface area contributed by atoms with E-state index in [1.165, 1.54) is 14.2 Å². The molecule has 2 aromatic rings. The molecule has 0 saturated carbocycles. The molecule has 3 rings (SSSR count). The van der Waals surface area contributed by atoms with E-state index in [1.807, 2.05) is 0 Å². The summed E-state index contributed by atoms with van der Waals surface area (Å²) in [6.07, 6.45) is 1.45. The number of carbonyl (C=O) groups excluding carboxylic acids is 1. The number of nitrogens with zero attached hydrogens (tertiary/aromatic N) is 1. The van der Waals surface area contributed by atoms with Crippen LogP contribution in [0.4, 0.5) is 0 Å². The second-order valence-corrected chi connectivity index (χ2v) is 8.52. The van der Waals surface area contributed by atoms with Crippen LogP contribution in [0, 0.1) is 0 Å². The molecule has 27 heavy (non-hydrogen) atoms. The molecule has 0 radical (unpaired) electrons. The summed E-state index contributed by atoms with van der Waals surface area (Å²) in [4.78, 5) is 15.0. The summed E-state index contributed by atoms with van der Waals surface area (Å²) in [7, 11) is -0.417. The van der Waals surface area contributed by atoms with Gasteiger partial charge in [0.2, 0.25) is 0 Å². The third-order valence-electron chi connectivity index (χ3n) is 4.75. The number of sulfone groups is 1. The molecule has 0 bridgehead atoms. The fourth-order valence-electron chi connectivity index (χ4n) is 3.35. The van der Waals surface area contributed by atoms with Crippen LogP contribution in [-0.2, 0) is 9.84 Å². The third-order valence-corrected chi connectivity index (χ3v) is 6.56. The second-order valence-electron chi connectivity index (χ2n) is 6.49. The van der Waals surface area contributed by atoms with Crippen molar-refractivity contribution in [2.45, 2.75) is 23.8 Å². The largest absolute Gasteiger partial charge is 0.497 e. The standard InChI is InChI=1S/C20H23NO5S/c1-25-17-11-15(12-18(13-17)26-2)20(22)21-10-6-7-16(21)14-27(23,24)19-8-4-3-5-9-19/h3-5,8-9,11-13,16H,6-7,10,14H2,1-2H3. The maximum atomic E-state index is 13.0. The Hall–Kier alpha value is -2.54. The van der Waals surface area contributed by atoms with Crippen LogP contribution in [0.1, 0.15) is 23.2 Å². The van der Waals surface area contributed by atoms with Crippen molar-refractivity contribution in [3.05, 3.63) is 54.1 Å². The number of hydrogen-bond donors (Lipinski definition) is 0. The van der Waals surface area contributed by atoms with Gasteiger partial charge in [0.1, 0.15) is 11.5 Å². The van der Waals surface area contributed by atoms with Crippen molar-refractivity contribution < 1.29 is 22.7 Å². The SMILES string of the molecule is COc1cc(OC)cc(C(=O)N2CCCC2CS(=O)(=O)c2ccccc2)c1. The summed E-state index contributed by atoms with van der Waals surface area (Å²) in [5.74, 6) is 0.748. The molecule has 1 unspecified atom stereocenters. The first-order valence-electron chi connectivity index (χ1n) is 8.76. The lowest BCUT2D eigenvalue weighted by Gasteiger charge is -2.25. The Kier molecular flexibility index (Phi) is 5.70. The minimum atomic E-state index is -3.46. The Morgan fingerprint density at radius 1 is 1.07 bits per heavy atom. The zero-order valence-corrected chi connectivity index (χ0v) is 16.2. The highest BCUT2D eigenvalue weighted by atomic mass is 32.2. The molecule has 0 N–H and O–H groups in total. The third kappa shape index (κ3) is 4.24. The van der Waals surface area contributed by atoms with Crippen LogP contribution in [0.2, 0.25) is 0 Å². The van der Waals surface area contributed by atoms with Gasteiger partial charge in [-0.25, -0.2) is 8.42 Å². The van der Waals surface area contributed by atoms with E-state index in [0.29, 0.717) is 30.0 Å². The van der Waals surface area contributed by atoms with Crippen LogP contribution in [-0.4, -0.2) is 51.8 Å². The molecule has 1 saturated heterocycles. The van der Waals surface area contributed by atoms with E-state index in [1.54, 1.807) is 53.4 Å². The molecular formula is C20H23NO5S. The zero-order chi connectivity index (χ0) is 19.4. The number of rotatable bonds is 6. The van der Waals surface area contributed by atoms with Crippen LogP contribution in [0.5, 0.6) is 11.5 Å². The van der Waals surface area contributed by atoms with E-state index in [2.05, 4.69) is 0 Å². The molecule has 2 aromatic carbocycles. The molecule has 1 heterocycles. The van der Waals surface area contributed by atoms with E-state index in [0.717, 1.165) is 6.42 Å². The molecule has 1 amide bonds. The maximum Gasteiger partial charge on any atom is 0.254 e. The van der Waals surface area contributed by atoms with Gasteiger partial charge >= 0.3 is 0 Å². The highest BCUT2D eigenvalue weighted by Crippen LogP contribution is 2.27. The first kappa shape index (κ1) is 19.2. The van der Waals surface area contributed by atoms with Crippen molar-refractivity contribution in [1.82, 2.24) is 4.90 Å². The molecule has 0 aliphatic carbocycles. The quantitative estimate of drug-likeness (QED) is 0.760. The predicted octanol–water partition coefficient (Wildman–Crippen LogP) is 2.78. The molecule has 0 spiro atoms. The normalized spacial score (nSPS) is 17.0. The van der Waals surface area contributed by atoms with Gasteiger partial charge in [-0.2, -0.15) is 0 Å². The zero-order valence-electron chi connectivity index (χ0n) is 15.4. The Bertz CT molecular complexity index is 889. The van der Waals surface area contributed by atoms with Gasteiger partial charge in [0.25, 0.3) is 5.91 Å². The maximum absolute atomic E-state index is 13.0.